The third kappa shape index (κ3) is 5.05. The van der Waals surface area contributed by atoms with Crippen molar-refractivity contribution in [2.45, 2.75) is 58.4 Å². The molecule has 1 atom stereocenters. The summed E-state index contributed by atoms with van der Waals surface area (Å²) < 4.78 is 5.59. The average Bonchev–Trinajstić information content (AvgIpc) is 2.33. The van der Waals surface area contributed by atoms with Crippen LogP contribution in [0.2, 0.25) is 0 Å². The summed E-state index contributed by atoms with van der Waals surface area (Å²) in [4.78, 5) is 10.8. The predicted molar refractivity (Wildman–Crippen MR) is 84.9 cm³/mol. The van der Waals surface area contributed by atoms with E-state index in [9.17, 15) is 4.79 Å². The van der Waals surface area contributed by atoms with Crippen LogP contribution in [0.3, 0.4) is 0 Å². The Hall–Kier alpha value is -1.55. The SMILES string of the molecule is CC(C)(C)c1cc(OCC(N)C(=O)O)cc(C(C)(C)C)c1. The first kappa shape index (κ1) is 17.5. The maximum absolute atomic E-state index is 10.8. The van der Waals surface area contributed by atoms with Crippen LogP contribution in [0.1, 0.15) is 52.7 Å². The van der Waals surface area contributed by atoms with Gasteiger partial charge >= 0.3 is 5.97 Å². The lowest BCUT2D eigenvalue weighted by atomic mass is 9.80. The molecule has 21 heavy (non-hydrogen) atoms. The zero-order chi connectivity index (χ0) is 16.4. The van der Waals surface area contributed by atoms with Gasteiger partial charge in [0.1, 0.15) is 18.4 Å². The molecular formula is C17H27NO3. The van der Waals surface area contributed by atoms with Crippen molar-refractivity contribution in [2.24, 2.45) is 5.73 Å². The quantitative estimate of drug-likeness (QED) is 0.895. The molecule has 0 aliphatic rings. The van der Waals surface area contributed by atoms with E-state index in [4.69, 9.17) is 15.6 Å². The predicted octanol–water partition coefficient (Wildman–Crippen LogP) is 3.07. The summed E-state index contributed by atoms with van der Waals surface area (Å²) in [7, 11) is 0. The van der Waals surface area contributed by atoms with Gasteiger partial charge in [0.05, 0.1) is 0 Å². The van der Waals surface area contributed by atoms with Gasteiger partial charge in [0, 0.05) is 0 Å². The number of nitrogens with two attached hydrogens (primary N) is 1. The fourth-order valence-corrected chi connectivity index (χ4v) is 1.81. The summed E-state index contributed by atoms with van der Waals surface area (Å²) in [5.74, 6) is -0.387. The number of carbonyl (C=O) groups is 1. The van der Waals surface area contributed by atoms with Crippen molar-refractivity contribution in [1.29, 1.82) is 0 Å². The Morgan fingerprint density at radius 3 is 1.86 bits per heavy atom. The third-order valence-corrected chi connectivity index (χ3v) is 3.39. The summed E-state index contributed by atoms with van der Waals surface area (Å²) in [6.07, 6.45) is 0. The van der Waals surface area contributed by atoms with Crippen molar-refractivity contribution in [2.75, 3.05) is 6.61 Å². The monoisotopic (exact) mass is 293 g/mol. The van der Waals surface area contributed by atoms with E-state index in [0.29, 0.717) is 5.75 Å². The summed E-state index contributed by atoms with van der Waals surface area (Å²) in [6.45, 7) is 12.8. The molecule has 0 aromatic heterocycles. The van der Waals surface area contributed by atoms with Crippen LogP contribution in [-0.4, -0.2) is 23.7 Å². The number of hydrogen-bond donors (Lipinski definition) is 2. The van der Waals surface area contributed by atoms with E-state index >= 15 is 0 Å². The van der Waals surface area contributed by atoms with E-state index < -0.39 is 12.0 Å². The molecule has 4 nitrogen and oxygen atoms in total. The normalized spacial score (nSPS) is 13.9. The van der Waals surface area contributed by atoms with Crippen molar-refractivity contribution < 1.29 is 14.6 Å². The van der Waals surface area contributed by atoms with Crippen molar-refractivity contribution in [3.05, 3.63) is 29.3 Å². The topological polar surface area (TPSA) is 72.5 Å². The third-order valence-electron chi connectivity index (χ3n) is 3.39. The first-order valence-corrected chi connectivity index (χ1v) is 7.18. The van der Waals surface area contributed by atoms with Crippen LogP contribution < -0.4 is 10.5 Å². The molecule has 1 aromatic rings. The molecule has 0 spiro atoms. The fraction of sp³-hybridized carbons (Fsp3) is 0.588. The Morgan fingerprint density at radius 1 is 1.10 bits per heavy atom. The van der Waals surface area contributed by atoms with Gasteiger partial charge in [-0.2, -0.15) is 0 Å². The van der Waals surface area contributed by atoms with Crippen molar-refractivity contribution in [1.82, 2.24) is 0 Å². The van der Waals surface area contributed by atoms with Gasteiger partial charge in [0.2, 0.25) is 0 Å². The summed E-state index contributed by atoms with van der Waals surface area (Å²) in [5, 5.41) is 8.82. The Balaban J connectivity index is 3.11. The number of carboxylic acids is 1. The number of ether oxygens (including phenoxy) is 1. The van der Waals surface area contributed by atoms with E-state index in [1.165, 1.54) is 0 Å². The zero-order valence-electron chi connectivity index (χ0n) is 13.9. The highest BCUT2D eigenvalue weighted by molar-refractivity contribution is 5.73. The molecule has 0 heterocycles. The molecular weight excluding hydrogens is 266 g/mol. The molecule has 0 radical (unpaired) electrons. The van der Waals surface area contributed by atoms with Crippen molar-refractivity contribution in [3.8, 4) is 5.75 Å². The molecule has 3 N–H and O–H groups in total. The summed E-state index contributed by atoms with van der Waals surface area (Å²) >= 11 is 0. The van der Waals surface area contributed by atoms with Crippen LogP contribution in [0.4, 0.5) is 0 Å². The van der Waals surface area contributed by atoms with Crippen LogP contribution >= 0.6 is 0 Å². The van der Waals surface area contributed by atoms with Crippen molar-refractivity contribution in [3.63, 3.8) is 0 Å². The maximum Gasteiger partial charge on any atom is 0.324 e. The van der Waals surface area contributed by atoms with Crippen LogP contribution in [0.25, 0.3) is 0 Å². The van der Waals surface area contributed by atoms with E-state index in [1.807, 2.05) is 12.1 Å². The Bertz CT molecular complexity index is 477. The maximum atomic E-state index is 10.8. The highest BCUT2D eigenvalue weighted by atomic mass is 16.5. The molecule has 0 saturated heterocycles. The van der Waals surface area contributed by atoms with E-state index in [1.54, 1.807) is 0 Å². The standard InChI is InChI=1S/C17H27NO3/c1-16(2,3)11-7-12(17(4,5)6)9-13(8-11)21-10-14(18)15(19)20/h7-9,14H,10,18H2,1-6H3,(H,19,20). The molecule has 1 unspecified atom stereocenters. The molecule has 4 heteroatoms. The van der Waals surface area contributed by atoms with E-state index in [-0.39, 0.29) is 17.4 Å². The van der Waals surface area contributed by atoms with E-state index in [2.05, 4.69) is 47.6 Å². The second-order valence-corrected chi connectivity index (χ2v) is 7.50. The Kier molecular flexibility index (Phi) is 5.05. The first-order valence-electron chi connectivity index (χ1n) is 7.18. The molecule has 1 aromatic carbocycles. The minimum absolute atomic E-state index is 0.00567. The number of carboxylic acid groups (broad SMARTS) is 1. The summed E-state index contributed by atoms with van der Waals surface area (Å²) in [6, 6.07) is 5.10. The second kappa shape index (κ2) is 6.06. The van der Waals surface area contributed by atoms with Crippen LogP contribution in [-0.2, 0) is 15.6 Å². The lowest BCUT2D eigenvalue weighted by Gasteiger charge is -2.26. The van der Waals surface area contributed by atoms with E-state index in [0.717, 1.165) is 11.1 Å². The molecule has 0 aliphatic carbocycles. The number of hydrogen-bond acceptors (Lipinski definition) is 3. The Labute approximate surface area is 127 Å². The lowest BCUT2D eigenvalue weighted by molar-refractivity contribution is -0.139. The smallest absolute Gasteiger partial charge is 0.324 e. The molecule has 0 saturated carbocycles. The van der Waals surface area contributed by atoms with Crippen LogP contribution in [0, 0.1) is 0 Å². The van der Waals surface area contributed by atoms with Gasteiger partial charge in [-0.25, -0.2) is 0 Å². The zero-order valence-corrected chi connectivity index (χ0v) is 13.9. The van der Waals surface area contributed by atoms with Gasteiger partial charge in [-0.15, -0.1) is 0 Å². The highest BCUT2D eigenvalue weighted by Gasteiger charge is 2.21. The summed E-state index contributed by atoms with van der Waals surface area (Å²) in [5.41, 5.74) is 7.80. The molecule has 1 rings (SSSR count). The van der Waals surface area contributed by atoms with Gasteiger partial charge in [-0.3, -0.25) is 4.79 Å². The number of aliphatic carboxylic acids is 1. The van der Waals surface area contributed by atoms with Gasteiger partial charge in [0.15, 0.2) is 0 Å². The minimum atomic E-state index is -1.06. The average molecular weight is 293 g/mol. The Morgan fingerprint density at radius 2 is 1.52 bits per heavy atom. The number of benzene rings is 1. The fourth-order valence-electron chi connectivity index (χ4n) is 1.81. The second-order valence-electron chi connectivity index (χ2n) is 7.50. The molecule has 0 bridgehead atoms. The van der Waals surface area contributed by atoms with Gasteiger partial charge in [-0.1, -0.05) is 47.6 Å². The molecule has 0 fully saturated rings. The van der Waals surface area contributed by atoms with Crippen LogP contribution in [0.15, 0.2) is 18.2 Å². The number of rotatable bonds is 4. The largest absolute Gasteiger partial charge is 0.491 e. The minimum Gasteiger partial charge on any atom is -0.491 e. The molecule has 0 aliphatic heterocycles. The van der Waals surface area contributed by atoms with Gasteiger partial charge in [-0.05, 0) is 34.1 Å². The van der Waals surface area contributed by atoms with Crippen molar-refractivity contribution >= 4 is 5.97 Å². The molecule has 118 valence electrons. The molecule has 0 amide bonds. The van der Waals surface area contributed by atoms with Gasteiger partial charge in [0.25, 0.3) is 0 Å². The lowest BCUT2D eigenvalue weighted by Crippen LogP contribution is -2.36. The van der Waals surface area contributed by atoms with Crippen LogP contribution in [0.5, 0.6) is 5.75 Å². The first-order chi connectivity index (χ1) is 9.41. The highest BCUT2D eigenvalue weighted by Crippen LogP contribution is 2.32. The van der Waals surface area contributed by atoms with Gasteiger partial charge < -0.3 is 15.6 Å².